The van der Waals surface area contributed by atoms with Crippen molar-refractivity contribution in [2.75, 3.05) is 18.0 Å². The van der Waals surface area contributed by atoms with Crippen molar-refractivity contribution in [1.29, 1.82) is 0 Å². The van der Waals surface area contributed by atoms with Crippen molar-refractivity contribution in [2.24, 2.45) is 5.73 Å². The predicted octanol–water partition coefficient (Wildman–Crippen LogP) is 1.25. The van der Waals surface area contributed by atoms with E-state index in [4.69, 9.17) is 5.73 Å². The van der Waals surface area contributed by atoms with Crippen molar-refractivity contribution in [3.05, 3.63) is 17.3 Å². The Morgan fingerprint density at radius 1 is 1.60 bits per heavy atom. The second-order valence-electron chi connectivity index (χ2n) is 5.12. The van der Waals surface area contributed by atoms with Crippen molar-refractivity contribution in [1.82, 2.24) is 9.97 Å². The number of nitrogens with two attached hydrogens (primary N) is 1. The fourth-order valence-corrected chi connectivity index (χ4v) is 3.44. The first-order chi connectivity index (χ1) is 9.53. The summed E-state index contributed by atoms with van der Waals surface area (Å²) in [6, 6.07) is 2.09. The molecule has 0 radical (unpaired) electrons. The van der Waals surface area contributed by atoms with E-state index in [0.717, 1.165) is 22.5 Å². The first-order valence-corrected chi connectivity index (χ1v) is 7.36. The Morgan fingerprint density at radius 3 is 3.05 bits per heavy atom. The smallest absolute Gasteiger partial charge is 0.325 e. The highest BCUT2D eigenvalue weighted by Gasteiger charge is 2.42. The molecule has 7 heteroatoms. The highest BCUT2D eigenvalue weighted by molar-refractivity contribution is 7.18. The van der Waals surface area contributed by atoms with Crippen molar-refractivity contribution in [2.45, 2.75) is 25.3 Å². The maximum Gasteiger partial charge on any atom is 0.325 e. The summed E-state index contributed by atoms with van der Waals surface area (Å²) in [5, 5.41) is 10.2. The predicted molar refractivity (Wildman–Crippen MR) is 78.2 cm³/mol. The van der Waals surface area contributed by atoms with E-state index >= 15 is 0 Å². The summed E-state index contributed by atoms with van der Waals surface area (Å²) in [6.45, 7) is 2.99. The third-order valence-electron chi connectivity index (χ3n) is 3.73. The molecule has 0 saturated carbocycles. The summed E-state index contributed by atoms with van der Waals surface area (Å²) in [5.74, 6) is -0.163. The van der Waals surface area contributed by atoms with Crippen LogP contribution in [0.3, 0.4) is 0 Å². The standard InChI is InChI=1S/C13H16N4O2S/c1-2-8-5-9-10(15-7-16-11(9)20-8)17-4-3-13(14,6-17)12(18)19/h5,7H,2-4,6,14H2,1H3,(H,18,19). The molecule has 1 aliphatic heterocycles. The lowest BCUT2D eigenvalue weighted by atomic mass is 10.0. The number of nitrogens with zero attached hydrogens (tertiary/aromatic N) is 3. The van der Waals surface area contributed by atoms with Crippen molar-refractivity contribution < 1.29 is 9.90 Å². The molecule has 20 heavy (non-hydrogen) atoms. The lowest BCUT2D eigenvalue weighted by Crippen LogP contribution is -2.50. The summed E-state index contributed by atoms with van der Waals surface area (Å²) in [5.41, 5.74) is 4.74. The lowest BCUT2D eigenvalue weighted by Gasteiger charge is -2.21. The van der Waals surface area contributed by atoms with Gasteiger partial charge in [-0.05, 0) is 18.9 Å². The molecule has 0 aliphatic carbocycles. The van der Waals surface area contributed by atoms with Crippen LogP contribution in [0.25, 0.3) is 10.2 Å². The van der Waals surface area contributed by atoms with Gasteiger partial charge in [0.2, 0.25) is 0 Å². The molecule has 1 unspecified atom stereocenters. The van der Waals surface area contributed by atoms with Crippen LogP contribution in [-0.2, 0) is 11.2 Å². The van der Waals surface area contributed by atoms with Crippen molar-refractivity contribution in [3.63, 3.8) is 0 Å². The molecule has 0 spiro atoms. The Labute approximate surface area is 120 Å². The molecule has 3 N–H and O–H groups in total. The van der Waals surface area contributed by atoms with Crippen LogP contribution < -0.4 is 10.6 Å². The van der Waals surface area contributed by atoms with Gasteiger partial charge in [0.1, 0.15) is 22.5 Å². The number of hydrogen-bond donors (Lipinski definition) is 2. The number of fused-ring (bicyclic) bond motifs is 1. The summed E-state index contributed by atoms with van der Waals surface area (Å²) in [4.78, 5) is 24.0. The zero-order chi connectivity index (χ0) is 14.3. The molecule has 0 bridgehead atoms. The average Bonchev–Trinajstić information content (AvgIpc) is 3.02. The average molecular weight is 292 g/mol. The summed E-state index contributed by atoms with van der Waals surface area (Å²) in [6.07, 6.45) is 2.92. The highest BCUT2D eigenvalue weighted by Crippen LogP contribution is 2.33. The van der Waals surface area contributed by atoms with E-state index in [1.54, 1.807) is 11.3 Å². The molecule has 2 aromatic heterocycles. The van der Waals surface area contributed by atoms with Crippen LogP contribution in [0.15, 0.2) is 12.4 Å². The molecule has 3 rings (SSSR count). The molecule has 3 heterocycles. The monoisotopic (exact) mass is 292 g/mol. The van der Waals surface area contributed by atoms with Gasteiger partial charge in [0.15, 0.2) is 0 Å². The van der Waals surface area contributed by atoms with Gasteiger partial charge in [-0.1, -0.05) is 6.92 Å². The Morgan fingerprint density at radius 2 is 2.40 bits per heavy atom. The van der Waals surface area contributed by atoms with Gasteiger partial charge in [-0.2, -0.15) is 0 Å². The maximum atomic E-state index is 11.2. The SMILES string of the molecule is CCc1cc2c(N3CCC(N)(C(=O)O)C3)ncnc2s1. The van der Waals surface area contributed by atoms with Gasteiger partial charge in [-0.15, -0.1) is 11.3 Å². The van der Waals surface area contributed by atoms with Crippen LogP contribution in [0, 0.1) is 0 Å². The first-order valence-electron chi connectivity index (χ1n) is 6.54. The number of aromatic nitrogens is 2. The van der Waals surface area contributed by atoms with Gasteiger partial charge < -0.3 is 15.7 Å². The van der Waals surface area contributed by atoms with E-state index in [2.05, 4.69) is 23.0 Å². The fraction of sp³-hybridized carbons (Fsp3) is 0.462. The molecular weight excluding hydrogens is 276 g/mol. The Kier molecular flexibility index (Phi) is 3.10. The molecule has 1 fully saturated rings. The van der Waals surface area contributed by atoms with E-state index in [1.165, 1.54) is 11.2 Å². The van der Waals surface area contributed by atoms with E-state index in [1.807, 2.05) is 4.90 Å². The molecular formula is C13H16N4O2S. The number of carboxylic acids is 1. The van der Waals surface area contributed by atoms with E-state index in [-0.39, 0.29) is 6.54 Å². The molecule has 0 amide bonds. The second kappa shape index (κ2) is 4.68. The van der Waals surface area contributed by atoms with Crippen molar-refractivity contribution >= 4 is 33.3 Å². The van der Waals surface area contributed by atoms with Crippen LogP contribution in [0.4, 0.5) is 5.82 Å². The van der Waals surface area contributed by atoms with Crippen LogP contribution in [0.5, 0.6) is 0 Å². The normalized spacial score (nSPS) is 22.6. The third kappa shape index (κ3) is 2.03. The number of rotatable bonds is 3. The van der Waals surface area contributed by atoms with Crippen LogP contribution in [-0.4, -0.2) is 39.7 Å². The minimum absolute atomic E-state index is 0.283. The molecule has 0 aromatic carbocycles. The van der Waals surface area contributed by atoms with Gasteiger partial charge in [-0.25, -0.2) is 9.97 Å². The number of hydrogen-bond acceptors (Lipinski definition) is 6. The van der Waals surface area contributed by atoms with Gasteiger partial charge in [0, 0.05) is 18.0 Å². The molecule has 106 valence electrons. The van der Waals surface area contributed by atoms with Crippen LogP contribution in [0.1, 0.15) is 18.2 Å². The molecule has 2 aromatic rings. The molecule has 6 nitrogen and oxygen atoms in total. The number of thiophene rings is 1. The minimum atomic E-state index is -1.18. The molecule has 1 aliphatic rings. The summed E-state index contributed by atoms with van der Waals surface area (Å²) in [7, 11) is 0. The van der Waals surface area contributed by atoms with Crippen molar-refractivity contribution in [3.8, 4) is 0 Å². The quantitative estimate of drug-likeness (QED) is 0.884. The van der Waals surface area contributed by atoms with Gasteiger partial charge >= 0.3 is 5.97 Å². The fourth-order valence-electron chi connectivity index (χ4n) is 2.51. The first kappa shape index (κ1) is 13.3. The zero-order valence-corrected chi connectivity index (χ0v) is 12.0. The second-order valence-corrected chi connectivity index (χ2v) is 6.23. The summed E-state index contributed by atoms with van der Waals surface area (Å²) < 4.78 is 0. The number of anilines is 1. The number of carbonyl (C=O) groups is 1. The highest BCUT2D eigenvalue weighted by atomic mass is 32.1. The van der Waals surface area contributed by atoms with Gasteiger partial charge in [0.05, 0.1) is 5.39 Å². The summed E-state index contributed by atoms with van der Waals surface area (Å²) >= 11 is 1.65. The zero-order valence-electron chi connectivity index (χ0n) is 11.2. The number of aryl methyl sites for hydroxylation is 1. The molecule has 1 saturated heterocycles. The number of carboxylic acid groups (broad SMARTS) is 1. The van der Waals surface area contributed by atoms with E-state index in [0.29, 0.717) is 13.0 Å². The Hall–Kier alpha value is -1.73. The Bertz CT molecular complexity index is 671. The van der Waals surface area contributed by atoms with Crippen LogP contribution in [0.2, 0.25) is 0 Å². The third-order valence-corrected chi connectivity index (χ3v) is 4.92. The molecule has 1 atom stereocenters. The lowest BCUT2D eigenvalue weighted by molar-refractivity contribution is -0.142. The Balaban J connectivity index is 1.99. The van der Waals surface area contributed by atoms with E-state index in [9.17, 15) is 9.90 Å². The number of aliphatic carboxylic acids is 1. The van der Waals surface area contributed by atoms with Gasteiger partial charge in [-0.3, -0.25) is 4.79 Å². The van der Waals surface area contributed by atoms with Crippen LogP contribution >= 0.6 is 11.3 Å². The van der Waals surface area contributed by atoms with E-state index < -0.39 is 11.5 Å². The largest absolute Gasteiger partial charge is 0.480 e. The maximum absolute atomic E-state index is 11.2. The van der Waals surface area contributed by atoms with Gasteiger partial charge in [0.25, 0.3) is 0 Å². The minimum Gasteiger partial charge on any atom is -0.480 e. The topological polar surface area (TPSA) is 92.3 Å².